The molecule has 0 fully saturated rings. The first-order valence-electron chi connectivity index (χ1n) is 7.08. The van der Waals surface area contributed by atoms with Gasteiger partial charge in [0.2, 0.25) is 0 Å². The number of hydrogen-bond donors (Lipinski definition) is 2. The van der Waals surface area contributed by atoms with E-state index in [0.29, 0.717) is 11.3 Å². The van der Waals surface area contributed by atoms with E-state index in [1.54, 1.807) is 12.1 Å². The Labute approximate surface area is 134 Å². The average Bonchev–Trinajstić information content (AvgIpc) is 2.86. The number of hydrogen-bond acceptors (Lipinski definition) is 3. The summed E-state index contributed by atoms with van der Waals surface area (Å²) in [6, 6.07) is 13.1. The molecule has 6 heteroatoms. The highest BCUT2D eigenvalue weighted by Crippen LogP contribution is 2.22. The Balaban J connectivity index is 1.90. The van der Waals surface area contributed by atoms with Crippen LogP contribution in [0.15, 0.2) is 53.4 Å². The molecule has 23 heavy (non-hydrogen) atoms. The fourth-order valence-electron chi connectivity index (χ4n) is 2.42. The molecule has 0 atom stereocenters. The van der Waals surface area contributed by atoms with Crippen molar-refractivity contribution in [3.8, 4) is 0 Å². The van der Waals surface area contributed by atoms with Crippen molar-refractivity contribution >= 4 is 32.4 Å². The molecule has 0 aliphatic heterocycles. The molecule has 0 saturated heterocycles. The second kappa shape index (κ2) is 5.55. The number of benzene rings is 2. The molecule has 0 bridgehead atoms. The molecule has 3 aromatic rings. The smallest absolute Gasteiger partial charge is 0.261 e. The maximum Gasteiger partial charge on any atom is 0.261 e. The number of sulfonamides is 1. The second-order valence-corrected chi connectivity index (χ2v) is 7.12. The zero-order valence-corrected chi connectivity index (χ0v) is 13.6. The fraction of sp³-hybridized carbons (Fsp3) is 0.118. The Bertz CT molecular complexity index is 986. The molecule has 0 saturated carbocycles. The van der Waals surface area contributed by atoms with Crippen molar-refractivity contribution in [1.29, 1.82) is 0 Å². The standard InChI is InChI=1S/C17H16N2O3S/c1-11-9-14-10-15(5-8-17(14)18-11)19-23(21,22)16-6-3-13(4-7-16)12(2)20/h3-10,18-19H,1-2H3. The molecular weight excluding hydrogens is 312 g/mol. The highest BCUT2D eigenvalue weighted by Gasteiger charge is 2.15. The largest absolute Gasteiger partial charge is 0.359 e. The molecule has 1 aromatic heterocycles. The van der Waals surface area contributed by atoms with E-state index in [1.165, 1.54) is 31.2 Å². The summed E-state index contributed by atoms with van der Waals surface area (Å²) in [5, 5.41) is 0.939. The van der Waals surface area contributed by atoms with Gasteiger partial charge in [-0.3, -0.25) is 9.52 Å². The molecule has 0 unspecified atom stereocenters. The third kappa shape index (κ3) is 3.12. The summed E-state index contributed by atoms with van der Waals surface area (Å²) in [6.07, 6.45) is 0. The van der Waals surface area contributed by atoms with Gasteiger partial charge in [-0.25, -0.2) is 8.42 Å². The lowest BCUT2D eigenvalue weighted by atomic mass is 10.2. The number of H-pyrrole nitrogens is 1. The molecule has 0 aliphatic carbocycles. The summed E-state index contributed by atoms with van der Waals surface area (Å²) in [5.41, 5.74) is 2.94. The minimum absolute atomic E-state index is 0.102. The Kier molecular flexibility index (Phi) is 3.69. The number of nitrogens with one attached hydrogen (secondary N) is 2. The number of aryl methyl sites for hydroxylation is 1. The second-order valence-electron chi connectivity index (χ2n) is 5.44. The van der Waals surface area contributed by atoms with Crippen molar-refractivity contribution in [3.63, 3.8) is 0 Å². The summed E-state index contributed by atoms with van der Waals surface area (Å²) in [4.78, 5) is 14.6. The first-order chi connectivity index (χ1) is 10.8. The number of anilines is 1. The topological polar surface area (TPSA) is 79.0 Å². The van der Waals surface area contributed by atoms with Crippen LogP contribution in [-0.2, 0) is 10.0 Å². The van der Waals surface area contributed by atoms with Crippen molar-refractivity contribution < 1.29 is 13.2 Å². The summed E-state index contributed by atoms with van der Waals surface area (Å²) in [7, 11) is -3.69. The van der Waals surface area contributed by atoms with E-state index in [9.17, 15) is 13.2 Å². The Hall–Kier alpha value is -2.60. The highest BCUT2D eigenvalue weighted by molar-refractivity contribution is 7.92. The van der Waals surface area contributed by atoms with E-state index >= 15 is 0 Å². The lowest BCUT2D eigenvalue weighted by Crippen LogP contribution is -2.13. The van der Waals surface area contributed by atoms with E-state index in [4.69, 9.17) is 0 Å². The Morgan fingerprint density at radius 3 is 2.39 bits per heavy atom. The third-order valence-electron chi connectivity index (χ3n) is 3.58. The van der Waals surface area contributed by atoms with Gasteiger partial charge in [0.15, 0.2) is 5.78 Å². The Morgan fingerprint density at radius 1 is 1.04 bits per heavy atom. The van der Waals surface area contributed by atoms with Crippen molar-refractivity contribution in [2.45, 2.75) is 18.7 Å². The summed E-state index contributed by atoms with van der Waals surface area (Å²) in [6.45, 7) is 3.39. The van der Waals surface area contributed by atoms with Crippen LogP contribution in [0, 0.1) is 6.92 Å². The number of ketones is 1. The van der Waals surface area contributed by atoms with Gasteiger partial charge in [-0.1, -0.05) is 12.1 Å². The van der Waals surface area contributed by atoms with Gasteiger partial charge < -0.3 is 4.98 Å². The number of rotatable bonds is 4. The van der Waals surface area contributed by atoms with Crippen LogP contribution in [0.4, 0.5) is 5.69 Å². The van der Waals surface area contributed by atoms with Crippen molar-refractivity contribution in [1.82, 2.24) is 4.98 Å². The molecule has 3 rings (SSSR count). The van der Waals surface area contributed by atoms with Crippen molar-refractivity contribution in [2.75, 3.05) is 4.72 Å². The molecule has 5 nitrogen and oxygen atoms in total. The lowest BCUT2D eigenvalue weighted by molar-refractivity contribution is 0.101. The number of aromatic nitrogens is 1. The van der Waals surface area contributed by atoms with E-state index in [-0.39, 0.29) is 10.7 Å². The first kappa shape index (κ1) is 15.3. The van der Waals surface area contributed by atoms with Crippen LogP contribution >= 0.6 is 0 Å². The zero-order chi connectivity index (χ0) is 16.6. The molecule has 0 aliphatic rings. The molecule has 118 valence electrons. The number of carbonyl (C=O) groups is 1. The van der Waals surface area contributed by atoms with Crippen LogP contribution in [0.3, 0.4) is 0 Å². The van der Waals surface area contributed by atoms with Crippen molar-refractivity contribution in [3.05, 3.63) is 59.8 Å². The number of fused-ring (bicyclic) bond motifs is 1. The van der Waals surface area contributed by atoms with E-state index < -0.39 is 10.0 Å². The molecule has 0 radical (unpaired) electrons. The summed E-state index contributed by atoms with van der Waals surface area (Å²) < 4.78 is 27.4. The fourth-order valence-corrected chi connectivity index (χ4v) is 3.47. The van der Waals surface area contributed by atoms with Gasteiger partial charge in [-0.2, -0.15) is 0 Å². The maximum absolute atomic E-state index is 12.4. The van der Waals surface area contributed by atoms with Crippen LogP contribution in [-0.4, -0.2) is 19.2 Å². The molecule has 0 amide bonds. The van der Waals surface area contributed by atoms with Gasteiger partial charge in [-0.05, 0) is 50.2 Å². The number of Topliss-reactive ketones (excluding diaryl/α,β-unsaturated/α-hetero) is 1. The molecule has 0 spiro atoms. The predicted molar refractivity (Wildman–Crippen MR) is 90.3 cm³/mol. The van der Waals surface area contributed by atoms with Gasteiger partial charge in [0.25, 0.3) is 10.0 Å². The van der Waals surface area contributed by atoms with E-state index in [1.807, 2.05) is 19.1 Å². The van der Waals surface area contributed by atoms with Crippen LogP contribution in [0.25, 0.3) is 10.9 Å². The van der Waals surface area contributed by atoms with Crippen molar-refractivity contribution in [2.24, 2.45) is 0 Å². The van der Waals surface area contributed by atoms with Crippen LogP contribution in [0.5, 0.6) is 0 Å². The minimum Gasteiger partial charge on any atom is -0.359 e. The van der Waals surface area contributed by atoms with Crippen LogP contribution in [0.1, 0.15) is 23.0 Å². The number of carbonyl (C=O) groups excluding carboxylic acids is 1. The SMILES string of the molecule is CC(=O)c1ccc(S(=O)(=O)Nc2ccc3[nH]c(C)cc3c2)cc1. The lowest BCUT2D eigenvalue weighted by Gasteiger charge is -2.08. The molecule has 2 N–H and O–H groups in total. The number of aromatic amines is 1. The van der Waals surface area contributed by atoms with Gasteiger partial charge in [0.1, 0.15) is 0 Å². The normalized spacial score (nSPS) is 11.6. The van der Waals surface area contributed by atoms with Crippen LogP contribution in [0.2, 0.25) is 0 Å². The average molecular weight is 328 g/mol. The Morgan fingerprint density at radius 2 is 1.74 bits per heavy atom. The minimum atomic E-state index is -3.69. The van der Waals surface area contributed by atoms with Gasteiger partial charge in [0, 0.05) is 27.8 Å². The molecular formula is C17H16N2O3S. The summed E-state index contributed by atoms with van der Waals surface area (Å²) in [5.74, 6) is -0.102. The molecule has 1 heterocycles. The monoisotopic (exact) mass is 328 g/mol. The van der Waals surface area contributed by atoms with Gasteiger partial charge >= 0.3 is 0 Å². The van der Waals surface area contributed by atoms with Gasteiger partial charge in [-0.15, -0.1) is 0 Å². The molecule has 2 aromatic carbocycles. The quantitative estimate of drug-likeness (QED) is 0.720. The first-order valence-corrected chi connectivity index (χ1v) is 8.57. The highest BCUT2D eigenvalue weighted by atomic mass is 32.2. The van der Waals surface area contributed by atoms with E-state index in [0.717, 1.165) is 16.6 Å². The predicted octanol–water partition coefficient (Wildman–Crippen LogP) is 3.48. The van der Waals surface area contributed by atoms with Gasteiger partial charge in [0.05, 0.1) is 4.90 Å². The van der Waals surface area contributed by atoms with Crippen LogP contribution < -0.4 is 4.72 Å². The maximum atomic E-state index is 12.4. The van der Waals surface area contributed by atoms with E-state index in [2.05, 4.69) is 9.71 Å². The third-order valence-corrected chi connectivity index (χ3v) is 4.98. The zero-order valence-electron chi connectivity index (χ0n) is 12.8. The summed E-state index contributed by atoms with van der Waals surface area (Å²) >= 11 is 0.